The number of fused-ring (bicyclic) bond motifs is 3. The highest BCUT2D eigenvalue weighted by atomic mass is 16.5. The van der Waals surface area contributed by atoms with Gasteiger partial charge in [0.1, 0.15) is 11.0 Å². The predicted octanol–water partition coefficient (Wildman–Crippen LogP) is 4.70. The van der Waals surface area contributed by atoms with E-state index in [1.165, 1.54) is 14.0 Å². The van der Waals surface area contributed by atoms with Crippen molar-refractivity contribution in [3.8, 4) is 22.9 Å². The average Bonchev–Trinajstić information content (AvgIpc) is 2.92. The summed E-state index contributed by atoms with van der Waals surface area (Å²) in [5.74, 6) is 0.234. The lowest BCUT2D eigenvalue weighted by Gasteiger charge is -2.13. The molecular weight excluding hydrogens is 500 g/mol. The average molecular weight is 525 g/mol. The SMILES string of the molecule is COc1cc(-c2nc(NC(C)=O)c3c(=O)oc4ccccc4c3n2)ccc1OCC(=O)Nc1ccc(C)cc1. The molecular formula is C29H24N4O6. The van der Waals surface area contributed by atoms with Crippen molar-refractivity contribution in [2.45, 2.75) is 13.8 Å². The van der Waals surface area contributed by atoms with Crippen LogP contribution in [0.15, 0.2) is 75.9 Å². The summed E-state index contributed by atoms with van der Waals surface area (Å²) in [6.45, 7) is 3.05. The second-order valence-corrected chi connectivity index (χ2v) is 8.75. The molecule has 0 aliphatic carbocycles. The molecule has 0 aliphatic rings. The van der Waals surface area contributed by atoms with Gasteiger partial charge in [-0.3, -0.25) is 9.59 Å². The smallest absolute Gasteiger partial charge is 0.349 e. The van der Waals surface area contributed by atoms with Gasteiger partial charge in [0.25, 0.3) is 5.91 Å². The van der Waals surface area contributed by atoms with E-state index < -0.39 is 11.5 Å². The molecule has 0 spiro atoms. The van der Waals surface area contributed by atoms with Crippen LogP contribution < -0.4 is 25.7 Å². The van der Waals surface area contributed by atoms with Crippen LogP contribution >= 0.6 is 0 Å². The second-order valence-electron chi connectivity index (χ2n) is 8.75. The number of methoxy groups -OCH3 is 1. The number of carbonyl (C=O) groups excluding carboxylic acids is 2. The van der Waals surface area contributed by atoms with E-state index in [1.807, 2.05) is 31.2 Å². The fourth-order valence-electron chi connectivity index (χ4n) is 4.04. The number of carbonyl (C=O) groups is 2. The van der Waals surface area contributed by atoms with Crippen LogP contribution in [0.5, 0.6) is 11.5 Å². The Labute approximate surface area is 222 Å². The monoisotopic (exact) mass is 524 g/mol. The summed E-state index contributed by atoms with van der Waals surface area (Å²) in [6, 6.07) is 19.4. The molecule has 10 nitrogen and oxygen atoms in total. The minimum atomic E-state index is -0.663. The van der Waals surface area contributed by atoms with E-state index >= 15 is 0 Å². The van der Waals surface area contributed by atoms with Gasteiger partial charge in [-0.1, -0.05) is 29.8 Å². The van der Waals surface area contributed by atoms with Crippen LogP contribution in [0.2, 0.25) is 0 Å². The normalized spacial score (nSPS) is 10.8. The zero-order valence-corrected chi connectivity index (χ0v) is 21.4. The molecule has 3 aromatic carbocycles. The standard InChI is InChI=1S/C29H24N4O6/c1-16-8-11-19(12-9-16)31-24(35)15-38-22-13-10-18(14-23(22)37-3)27-32-26-20-6-4-5-7-21(20)39-29(36)25(26)28(33-27)30-17(2)34/h4-14H,15H2,1-3H3,(H,31,35)(H,30,32,33,34). The molecule has 0 aliphatic heterocycles. The van der Waals surface area contributed by atoms with Crippen molar-refractivity contribution in [1.29, 1.82) is 0 Å². The Morgan fingerprint density at radius 3 is 2.46 bits per heavy atom. The first-order valence-electron chi connectivity index (χ1n) is 12.0. The summed E-state index contributed by atoms with van der Waals surface area (Å²) in [7, 11) is 1.47. The fraction of sp³-hybridized carbons (Fsp3) is 0.138. The fourth-order valence-corrected chi connectivity index (χ4v) is 4.04. The maximum absolute atomic E-state index is 12.8. The van der Waals surface area contributed by atoms with Gasteiger partial charge in [0.15, 0.2) is 29.7 Å². The zero-order chi connectivity index (χ0) is 27.5. The summed E-state index contributed by atoms with van der Waals surface area (Å²) < 4.78 is 16.6. The van der Waals surface area contributed by atoms with Crippen molar-refractivity contribution in [1.82, 2.24) is 9.97 Å². The summed E-state index contributed by atoms with van der Waals surface area (Å²) in [5, 5.41) is 6.05. The number of aryl methyl sites for hydroxylation is 1. The minimum Gasteiger partial charge on any atom is -0.493 e. The number of hydrogen-bond acceptors (Lipinski definition) is 8. The molecule has 10 heteroatoms. The van der Waals surface area contributed by atoms with Gasteiger partial charge < -0.3 is 24.5 Å². The molecule has 0 radical (unpaired) electrons. The summed E-state index contributed by atoms with van der Waals surface area (Å²) in [6.07, 6.45) is 0. The first-order valence-corrected chi connectivity index (χ1v) is 12.0. The van der Waals surface area contributed by atoms with Gasteiger partial charge in [-0.05, 0) is 49.4 Å². The van der Waals surface area contributed by atoms with E-state index in [9.17, 15) is 14.4 Å². The van der Waals surface area contributed by atoms with E-state index in [4.69, 9.17) is 13.9 Å². The molecule has 5 rings (SSSR count). The van der Waals surface area contributed by atoms with Gasteiger partial charge in [-0.2, -0.15) is 0 Å². The molecule has 2 N–H and O–H groups in total. The predicted molar refractivity (Wildman–Crippen MR) is 147 cm³/mol. The lowest BCUT2D eigenvalue weighted by molar-refractivity contribution is -0.118. The van der Waals surface area contributed by atoms with E-state index in [2.05, 4.69) is 20.6 Å². The number of aromatic nitrogens is 2. The highest BCUT2D eigenvalue weighted by molar-refractivity contribution is 6.08. The number of benzene rings is 3. The molecule has 5 aromatic rings. The Bertz CT molecular complexity index is 1780. The van der Waals surface area contributed by atoms with Crippen LogP contribution in [-0.2, 0) is 9.59 Å². The molecule has 39 heavy (non-hydrogen) atoms. The third-order valence-corrected chi connectivity index (χ3v) is 5.87. The highest BCUT2D eigenvalue weighted by Gasteiger charge is 2.19. The van der Waals surface area contributed by atoms with Crippen LogP contribution in [0.1, 0.15) is 12.5 Å². The van der Waals surface area contributed by atoms with Crippen molar-refractivity contribution in [3.05, 3.63) is 82.7 Å². The van der Waals surface area contributed by atoms with E-state index in [-0.39, 0.29) is 29.5 Å². The Morgan fingerprint density at radius 1 is 0.949 bits per heavy atom. The molecule has 196 valence electrons. The third-order valence-electron chi connectivity index (χ3n) is 5.87. The van der Waals surface area contributed by atoms with Crippen molar-refractivity contribution in [2.24, 2.45) is 0 Å². The van der Waals surface area contributed by atoms with Gasteiger partial charge >= 0.3 is 5.63 Å². The Hall–Kier alpha value is -5.25. The lowest BCUT2D eigenvalue weighted by atomic mass is 10.1. The maximum atomic E-state index is 12.8. The van der Waals surface area contributed by atoms with Crippen LogP contribution in [0, 0.1) is 6.92 Å². The molecule has 2 amide bonds. The van der Waals surface area contributed by atoms with Crippen molar-refractivity contribution in [3.63, 3.8) is 0 Å². The van der Waals surface area contributed by atoms with E-state index in [0.717, 1.165) is 5.56 Å². The molecule has 0 fully saturated rings. The number of ether oxygens (including phenoxy) is 2. The van der Waals surface area contributed by atoms with Crippen molar-refractivity contribution < 1.29 is 23.5 Å². The topological polar surface area (TPSA) is 133 Å². The molecule has 0 saturated carbocycles. The second kappa shape index (κ2) is 10.6. The Morgan fingerprint density at radius 2 is 1.72 bits per heavy atom. The van der Waals surface area contributed by atoms with E-state index in [1.54, 1.807) is 42.5 Å². The van der Waals surface area contributed by atoms with Crippen LogP contribution in [0.3, 0.4) is 0 Å². The molecule has 0 saturated heterocycles. The minimum absolute atomic E-state index is 0.0362. The van der Waals surface area contributed by atoms with Gasteiger partial charge in [0.05, 0.1) is 12.6 Å². The van der Waals surface area contributed by atoms with E-state index in [0.29, 0.717) is 39.2 Å². The summed E-state index contributed by atoms with van der Waals surface area (Å²) in [5.41, 5.74) is 2.33. The summed E-state index contributed by atoms with van der Waals surface area (Å²) >= 11 is 0. The largest absolute Gasteiger partial charge is 0.493 e. The zero-order valence-electron chi connectivity index (χ0n) is 21.4. The van der Waals surface area contributed by atoms with Gasteiger partial charge in [-0.15, -0.1) is 0 Å². The number of anilines is 2. The van der Waals surface area contributed by atoms with Crippen LogP contribution in [0.4, 0.5) is 11.5 Å². The summed E-state index contributed by atoms with van der Waals surface area (Å²) in [4.78, 5) is 46.2. The van der Waals surface area contributed by atoms with Crippen LogP contribution in [-0.4, -0.2) is 35.5 Å². The van der Waals surface area contributed by atoms with Gasteiger partial charge in [0.2, 0.25) is 5.91 Å². The van der Waals surface area contributed by atoms with Crippen molar-refractivity contribution in [2.75, 3.05) is 24.4 Å². The number of nitrogens with one attached hydrogen (secondary N) is 2. The highest BCUT2D eigenvalue weighted by Crippen LogP contribution is 2.34. The number of para-hydroxylation sites is 1. The lowest BCUT2D eigenvalue weighted by Crippen LogP contribution is -2.20. The van der Waals surface area contributed by atoms with Crippen LogP contribution in [0.25, 0.3) is 33.3 Å². The molecule has 0 atom stereocenters. The third kappa shape index (κ3) is 5.40. The number of nitrogens with zero attached hydrogens (tertiary/aromatic N) is 2. The number of amides is 2. The van der Waals surface area contributed by atoms with Gasteiger partial charge in [-0.25, -0.2) is 14.8 Å². The Balaban J connectivity index is 1.48. The quantitative estimate of drug-likeness (QED) is 0.231. The molecule has 2 aromatic heterocycles. The van der Waals surface area contributed by atoms with Gasteiger partial charge in [0, 0.05) is 23.6 Å². The Kier molecular flexibility index (Phi) is 6.92. The number of hydrogen-bond donors (Lipinski definition) is 2. The molecule has 0 bridgehead atoms. The number of rotatable bonds is 7. The first kappa shape index (κ1) is 25.4. The first-order chi connectivity index (χ1) is 18.8. The molecule has 2 heterocycles. The molecule has 0 unspecified atom stereocenters. The van der Waals surface area contributed by atoms with Crippen molar-refractivity contribution >= 4 is 45.2 Å². The maximum Gasteiger partial charge on any atom is 0.349 e.